The van der Waals surface area contributed by atoms with Crippen LogP contribution in [0, 0.1) is 0 Å². The average Bonchev–Trinajstić information content (AvgIpc) is 2.98. The Morgan fingerprint density at radius 2 is 1.93 bits per heavy atom. The number of amides is 4. The molecule has 4 amide bonds. The van der Waals surface area contributed by atoms with Crippen molar-refractivity contribution in [3.63, 3.8) is 0 Å². The van der Waals surface area contributed by atoms with Gasteiger partial charge in [-0.25, -0.2) is 4.79 Å². The number of anilines is 1. The molecular formula is C19H16BrN3O5. The van der Waals surface area contributed by atoms with Crippen molar-refractivity contribution in [3.05, 3.63) is 58.2 Å². The van der Waals surface area contributed by atoms with Gasteiger partial charge in [0.25, 0.3) is 11.8 Å². The van der Waals surface area contributed by atoms with Crippen molar-refractivity contribution in [1.82, 2.24) is 10.6 Å². The maximum Gasteiger partial charge on any atom is 0.326 e. The summed E-state index contributed by atoms with van der Waals surface area (Å²) in [6.45, 7) is -0.256. The van der Waals surface area contributed by atoms with Crippen LogP contribution in [0.4, 0.5) is 10.5 Å². The number of methoxy groups -OCH3 is 1. The normalized spacial score (nSPS) is 14.4. The number of carbonyl (C=O) groups excluding carboxylic acids is 3. The van der Waals surface area contributed by atoms with E-state index in [0.29, 0.717) is 22.7 Å². The molecule has 2 aromatic rings. The van der Waals surface area contributed by atoms with Crippen LogP contribution in [0.1, 0.15) is 5.56 Å². The lowest BCUT2D eigenvalue weighted by Gasteiger charge is -2.12. The molecule has 1 saturated heterocycles. The van der Waals surface area contributed by atoms with E-state index in [1.807, 2.05) is 0 Å². The Balaban J connectivity index is 1.72. The van der Waals surface area contributed by atoms with E-state index in [0.717, 1.165) is 4.47 Å². The smallest absolute Gasteiger partial charge is 0.326 e. The zero-order valence-electron chi connectivity index (χ0n) is 14.7. The molecule has 28 heavy (non-hydrogen) atoms. The van der Waals surface area contributed by atoms with E-state index in [9.17, 15) is 14.4 Å². The van der Waals surface area contributed by atoms with Crippen molar-refractivity contribution in [2.24, 2.45) is 0 Å². The number of rotatable bonds is 6. The first-order valence-corrected chi connectivity index (χ1v) is 8.95. The molecule has 0 aliphatic carbocycles. The first-order chi connectivity index (χ1) is 13.5. The van der Waals surface area contributed by atoms with Crippen molar-refractivity contribution in [2.75, 3.05) is 19.0 Å². The quantitative estimate of drug-likeness (QED) is 0.468. The fourth-order valence-electron chi connectivity index (χ4n) is 2.48. The third kappa shape index (κ3) is 4.68. The van der Waals surface area contributed by atoms with Crippen LogP contribution in [0.15, 0.2) is 52.6 Å². The summed E-state index contributed by atoms with van der Waals surface area (Å²) in [5.41, 5.74) is 1.14. The van der Waals surface area contributed by atoms with Crippen LogP contribution in [-0.2, 0) is 9.59 Å². The summed E-state index contributed by atoms with van der Waals surface area (Å²) < 4.78 is 11.5. The zero-order valence-corrected chi connectivity index (χ0v) is 16.3. The monoisotopic (exact) mass is 445 g/mol. The lowest BCUT2D eigenvalue weighted by atomic mass is 10.1. The summed E-state index contributed by atoms with van der Waals surface area (Å²) in [6.07, 6.45) is 1.47. The summed E-state index contributed by atoms with van der Waals surface area (Å²) in [6, 6.07) is 11.5. The number of benzene rings is 2. The molecule has 1 aliphatic heterocycles. The van der Waals surface area contributed by atoms with Crippen LogP contribution < -0.4 is 25.4 Å². The summed E-state index contributed by atoms with van der Waals surface area (Å²) in [5, 5.41) is 7.24. The number of imide groups is 1. The number of para-hydroxylation sites is 2. The lowest BCUT2D eigenvalue weighted by Crippen LogP contribution is -2.22. The molecule has 0 atom stereocenters. The number of carbonyl (C=O) groups is 3. The van der Waals surface area contributed by atoms with Gasteiger partial charge in [0.1, 0.15) is 17.2 Å². The molecule has 0 aromatic heterocycles. The number of hydrogen-bond acceptors (Lipinski definition) is 5. The molecule has 2 aromatic carbocycles. The Morgan fingerprint density at radius 3 is 2.64 bits per heavy atom. The molecule has 0 radical (unpaired) electrons. The Labute approximate surface area is 169 Å². The van der Waals surface area contributed by atoms with Gasteiger partial charge in [-0.1, -0.05) is 28.1 Å². The Kier molecular flexibility index (Phi) is 5.95. The molecule has 0 spiro atoms. The van der Waals surface area contributed by atoms with Crippen molar-refractivity contribution in [1.29, 1.82) is 0 Å². The number of hydrogen-bond donors (Lipinski definition) is 3. The Morgan fingerprint density at radius 1 is 1.14 bits per heavy atom. The van der Waals surface area contributed by atoms with Crippen molar-refractivity contribution in [2.45, 2.75) is 0 Å². The highest BCUT2D eigenvalue weighted by Crippen LogP contribution is 2.26. The third-order valence-corrected chi connectivity index (χ3v) is 4.22. The van der Waals surface area contributed by atoms with Gasteiger partial charge in [-0.15, -0.1) is 0 Å². The van der Waals surface area contributed by atoms with Gasteiger partial charge in [0.05, 0.1) is 12.8 Å². The first kappa shape index (κ1) is 19.4. The highest BCUT2D eigenvalue weighted by atomic mass is 79.9. The van der Waals surface area contributed by atoms with E-state index in [-0.39, 0.29) is 18.2 Å². The zero-order chi connectivity index (χ0) is 20.1. The van der Waals surface area contributed by atoms with Gasteiger partial charge in [0.15, 0.2) is 6.61 Å². The van der Waals surface area contributed by atoms with Gasteiger partial charge >= 0.3 is 6.03 Å². The minimum absolute atomic E-state index is 0.0893. The summed E-state index contributed by atoms with van der Waals surface area (Å²) in [4.78, 5) is 35.2. The SMILES string of the molecule is COc1ccccc1NC(=O)COc1ccc(Br)cc1/C=C1/NC(=O)NC1=O. The molecule has 1 heterocycles. The second-order valence-electron chi connectivity index (χ2n) is 5.69. The van der Waals surface area contributed by atoms with Gasteiger partial charge in [-0.05, 0) is 36.4 Å². The van der Waals surface area contributed by atoms with E-state index in [1.165, 1.54) is 13.2 Å². The van der Waals surface area contributed by atoms with Crippen LogP contribution >= 0.6 is 15.9 Å². The molecule has 8 nitrogen and oxygen atoms in total. The number of halogens is 1. The fourth-order valence-corrected chi connectivity index (χ4v) is 2.86. The Bertz CT molecular complexity index is 974. The highest BCUT2D eigenvalue weighted by molar-refractivity contribution is 9.10. The fraction of sp³-hybridized carbons (Fsp3) is 0.105. The van der Waals surface area contributed by atoms with Gasteiger partial charge in [0, 0.05) is 10.0 Å². The molecule has 1 fully saturated rings. The van der Waals surface area contributed by atoms with Gasteiger partial charge in [-0.3, -0.25) is 14.9 Å². The predicted octanol–water partition coefficient (Wildman–Crippen LogP) is 2.66. The number of urea groups is 1. The predicted molar refractivity (Wildman–Crippen MR) is 106 cm³/mol. The van der Waals surface area contributed by atoms with E-state index in [4.69, 9.17) is 9.47 Å². The maximum atomic E-state index is 12.2. The summed E-state index contributed by atoms with van der Waals surface area (Å²) in [5.74, 6) is -0.00416. The lowest BCUT2D eigenvalue weighted by molar-refractivity contribution is -0.118. The summed E-state index contributed by atoms with van der Waals surface area (Å²) in [7, 11) is 1.51. The number of ether oxygens (including phenoxy) is 2. The van der Waals surface area contributed by atoms with Crippen molar-refractivity contribution >= 4 is 45.5 Å². The molecule has 3 N–H and O–H groups in total. The molecule has 1 aliphatic rings. The van der Waals surface area contributed by atoms with Crippen LogP contribution in [0.5, 0.6) is 11.5 Å². The van der Waals surface area contributed by atoms with E-state index in [1.54, 1.807) is 42.5 Å². The molecule has 144 valence electrons. The molecular weight excluding hydrogens is 430 g/mol. The van der Waals surface area contributed by atoms with Crippen molar-refractivity contribution in [3.8, 4) is 11.5 Å². The first-order valence-electron chi connectivity index (χ1n) is 8.15. The second kappa shape index (κ2) is 8.57. The Hall–Kier alpha value is -3.33. The van der Waals surface area contributed by atoms with E-state index < -0.39 is 11.9 Å². The number of nitrogens with one attached hydrogen (secondary N) is 3. The topological polar surface area (TPSA) is 106 Å². The van der Waals surface area contributed by atoms with Gasteiger partial charge in [-0.2, -0.15) is 0 Å². The van der Waals surface area contributed by atoms with Crippen LogP contribution in [-0.4, -0.2) is 31.6 Å². The third-order valence-electron chi connectivity index (χ3n) is 3.73. The minimum Gasteiger partial charge on any atom is -0.495 e. The molecule has 3 rings (SSSR count). The minimum atomic E-state index is -0.593. The molecule has 0 saturated carbocycles. The van der Waals surface area contributed by atoms with E-state index >= 15 is 0 Å². The van der Waals surface area contributed by atoms with Crippen LogP contribution in [0.3, 0.4) is 0 Å². The van der Waals surface area contributed by atoms with Crippen LogP contribution in [0.2, 0.25) is 0 Å². The largest absolute Gasteiger partial charge is 0.495 e. The molecule has 0 unspecified atom stereocenters. The summed E-state index contributed by atoms with van der Waals surface area (Å²) >= 11 is 3.35. The maximum absolute atomic E-state index is 12.2. The highest BCUT2D eigenvalue weighted by Gasteiger charge is 2.23. The van der Waals surface area contributed by atoms with Gasteiger partial charge in [0.2, 0.25) is 0 Å². The molecule has 0 bridgehead atoms. The van der Waals surface area contributed by atoms with E-state index in [2.05, 4.69) is 31.9 Å². The van der Waals surface area contributed by atoms with Gasteiger partial charge < -0.3 is 20.1 Å². The van der Waals surface area contributed by atoms with Crippen molar-refractivity contribution < 1.29 is 23.9 Å². The average molecular weight is 446 g/mol. The standard InChI is InChI=1S/C19H16BrN3O5/c1-27-16-5-3-2-4-13(16)21-17(24)10-28-15-7-6-12(20)8-11(15)9-14-18(25)23-19(26)22-14/h2-9H,10H2,1H3,(H,21,24)(H2,22,23,25,26)/b14-9+. The van der Waals surface area contributed by atoms with Crippen LogP contribution in [0.25, 0.3) is 6.08 Å². The molecule has 9 heteroatoms. The second-order valence-corrected chi connectivity index (χ2v) is 6.60.